The van der Waals surface area contributed by atoms with Gasteiger partial charge >= 0.3 is 0 Å². The van der Waals surface area contributed by atoms with Gasteiger partial charge in [-0.3, -0.25) is 4.79 Å². The SMILES string of the molecule is CCCN1CC2(CC(C(=O)NCCCCCCCOCC)C2)C1. The minimum atomic E-state index is 0.296. The van der Waals surface area contributed by atoms with Crippen LogP contribution >= 0.6 is 0 Å². The van der Waals surface area contributed by atoms with E-state index >= 15 is 0 Å². The smallest absolute Gasteiger partial charge is 0.223 e. The van der Waals surface area contributed by atoms with Gasteiger partial charge < -0.3 is 15.0 Å². The molecule has 1 aliphatic heterocycles. The molecule has 1 aliphatic carbocycles. The Balaban J connectivity index is 1.40. The number of carbonyl (C=O) groups is 1. The fraction of sp³-hybridized carbons (Fsp3) is 0.947. The molecule has 0 aromatic rings. The Morgan fingerprint density at radius 2 is 1.83 bits per heavy atom. The molecule has 0 aromatic carbocycles. The van der Waals surface area contributed by atoms with Gasteiger partial charge in [0.05, 0.1) is 0 Å². The van der Waals surface area contributed by atoms with Crippen molar-refractivity contribution >= 4 is 5.91 Å². The Morgan fingerprint density at radius 1 is 1.13 bits per heavy atom. The van der Waals surface area contributed by atoms with Gasteiger partial charge in [-0.25, -0.2) is 0 Å². The average molecular weight is 325 g/mol. The van der Waals surface area contributed by atoms with E-state index in [0.717, 1.165) is 39.0 Å². The van der Waals surface area contributed by atoms with Gasteiger partial charge in [-0.05, 0) is 51.0 Å². The predicted molar refractivity (Wildman–Crippen MR) is 94.5 cm³/mol. The van der Waals surface area contributed by atoms with E-state index in [1.807, 2.05) is 6.92 Å². The van der Waals surface area contributed by atoms with Crippen molar-refractivity contribution in [3.63, 3.8) is 0 Å². The molecule has 0 bridgehead atoms. The van der Waals surface area contributed by atoms with Gasteiger partial charge in [0.2, 0.25) is 5.91 Å². The van der Waals surface area contributed by atoms with Crippen LogP contribution < -0.4 is 5.32 Å². The molecule has 1 saturated carbocycles. The van der Waals surface area contributed by atoms with Crippen LogP contribution in [0.1, 0.15) is 65.2 Å². The van der Waals surface area contributed by atoms with Crippen LogP contribution in [0.2, 0.25) is 0 Å². The molecule has 23 heavy (non-hydrogen) atoms. The summed E-state index contributed by atoms with van der Waals surface area (Å²) >= 11 is 0. The summed E-state index contributed by atoms with van der Waals surface area (Å²) in [7, 11) is 0. The Hall–Kier alpha value is -0.610. The van der Waals surface area contributed by atoms with Crippen molar-refractivity contribution < 1.29 is 9.53 Å². The summed E-state index contributed by atoms with van der Waals surface area (Å²) < 4.78 is 5.33. The summed E-state index contributed by atoms with van der Waals surface area (Å²) in [5.74, 6) is 0.603. The molecule has 4 nitrogen and oxygen atoms in total. The molecular weight excluding hydrogens is 288 g/mol. The molecule has 0 atom stereocenters. The second-order valence-electron chi connectivity index (χ2n) is 7.57. The number of rotatable bonds is 12. The maximum atomic E-state index is 12.1. The number of carbonyl (C=O) groups excluding carboxylic acids is 1. The maximum absolute atomic E-state index is 12.1. The van der Waals surface area contributed by atoms with Gasteiger partial charge in [0, 0.05) is 38.8 Å². The lowest BCUT2D eigenvalue weighted by Gasteiger charge is -2.58. The van der Waals surface area contributed by atoms with E-state index in [2.05, 4.69) is 17.1 Å². The molecule has 0 unspecified atom stereocenters. The highest BCUT2D eigenvalue weighted by molar-refractivity contribution is 5.79. The minimum Gasteiger partial charge on any atom is -0.382 e. The largest absolute Gasteiger partial charge is 0.382 e. The molecule has 4 heteroatoms. The number of amides is 1. The van der Waals surface area contributed by atoms with Crippen LogP contribution in [-0.4, -0.2) is 50.2 Å². The fourth-order valence-electron chi connectivity index (χ4n) is 4.17. The van der Waals surface area contributed by atoms with Crippen LogP contribution in [0.15, 0.2) is 0 Å². The highest BCUT2D eigenvalue weighted by atomic mass is 16.5. The topological polar surface area (TPSA) is 41.6 Å². The Bertz CT molecular complexity index is 345. The second-order valence-corrected chi connectivity index (χ2v) is 7.57. The number of nitrogens with one attached hydrogen (secondary N) is 1. The monoisotopic (exact) mass is 324 g/mol. The second kappa shape index (κ2) is 9.63. The molecule has 0 aromatic heterocycles. The van der Waals surface area contributed by atoms with Crippen molar-refractivity contribution in [2.24, 2.45) is 11.3 Å². The van der Waals surface area contributed by atoms with E-state index in [1.54, 1.807) is 0 Å². The maximum Gasteiger partial charge on any atom is 0.223 e. The molecule has 0 radical (unpaired) electrons. The van der Waals surface area contributed by atoms with Crippen molar-refractivity contribution in [1.82, 2.24) is 10.2 Å². The molecule has 2 aliphatic rings. The summed E-state index contributed by atoms with van der Waals surface area (Å²) in [6, 6.07) is 0. The molecule has 2 rings (SSSR count). The summed E-state index contributed by atoms with van der Waals surface area (Å²) in [4.78, 5) is 14.7. The third kappa shape index (κ3) is 5.75. The van der Waals surface area contributed by atoms with Crippen molar-refractivity contribution in [3.05, 3.63) is 0 Å². The number of nitrogens with zero attached hydrogens (tertiary/aromatic N) is 1. The zero-order chi connectivity index (χ0) is 16.5. The third-order valence-electron chi connectivity index (χ3n) is 5.36. The van der Waals surface area contributed by atoms with E-state index < -0.39 is 0 Å². The lowest BCUT2D eigenvalue weighted by molar-refractivity contribution is -0.144. The fourth-order valence-corrected chi connectivity index (χ4v) is 4.17. The van der Waals surface area contributed by atoms with E-state index in [-0.39, 0.29) is 0 Å². The minimum absolute atomic E-state index is 0.296. The zero-order valence-corrected chi connectivity index (χ0v) is 15.2. The number of likely N-dealkylation sites (tertiary alicyclic amines) is 1. The highest BCUT2D eigenvalue weighted by Gasteiger charge is 2.53. The van der Waals surface area contributed by atoms with Crippen LogP contribution in [-0.2, 0) is 9.53 Å². The van der Waals surface area contributed by atoms with E-state index in [4.69, 9.17) is 4.74 Å². The number of hydrogen-bond acceptors (Lipinski definition) is 3. The van der Waals surface area contributed by atoms with Gasteiger partial charge in [0.1, 0.15) is 0 Å². The Morgan fingerprint density at radius 3 is 2.52 bits per heavy atom. The molecule has 1 heterocycles. The van der Waals surface area contributed by atoms with Gasteiger partial charge in [0.25, 0.3) is 0 Å². The molecule has 1 N–H and O–H groups in total. The normalized spacial score (nSPS) is 20.3. The quantitative estimate of drug-likeness (QED) is 0.561. The predicted octanol–water partition coefficient (Wildman–Crippen LogP) is 3.21. The van der Waals surface area contributed by atoms with Crippen LogP contribution in [0.5, 0.6) is 0 Å². The summed E-state index contributed by atoms with van der Waals surface area (Å²) in [6.07, 6.45) is 9.48. The van der Waals surface area contributed by atoms with Gasteiger partial charge in [-0.2, -0.15) is 0 Å². The molecular formula is C19H36N2O2. The van der Waals surface area contributed by atoms with Crippen LogP contribution in [0.25, 0.3) is 0 Å². The molecule has 134 valence electrons. The van der Waals surface area contributed by atoms with Gasteiger partial charge in [-0.1, -0.05) is 26.2 Å². The van der Waals surface area contributed by atoms with E-state index in [0.29, 0.717) is 17.2 Å². The van der Waals surface area contributed by atoms with Crippen LogP contribution in [0.4, 0.5) is 0 Å². The van der Waals surface area contributed by atoms with Crippen molar-refractivity contribution in [1.29, 1.82) is 0 Å². The first-order chi connectivity index (χ1) is 11.2. The lowest BCUT2D eigenvalue weighted by Crippen LogP contribution is -2.63. The number of hydrogen-bond donors (Lipinski definition) is 1. The standard InChI is InChI=1S/C19H36N2O2/c1-3-11-21-15-19(16-21)13-17(14-19)18(22)20-10-8-6-5-7-9-12-23-4-2/h17H,3-16H2,1-2H3,(H,20,22). The lowest BCUT2D eigenvalue weighted by atomic mass is 9.57. The first kappa shape index (κ1) is 18.7. The van der Waals surface area contributed by atoms with Crippen LogP contribution in [0, 0.1) is 11.3 Å². The Kier molecular flexibility index (Phi) is 7.84. The Labute approximate surface area is 142 Å². The van der Waals surface area contributed by atoms with E-state index in [1.165, 1.54) is 51.7 Å². The van der Waals surface area contributed by atoms with Gasteiger partial charge in [0.15, 0.2) is 0 Å². The molecule has 1 amide bonds. The van der Waals surface area contributed by atoms with E-state index in [9.17, 15) is 4.79 Å². The van der Waals surface area contributed by atoms with Crippen molar-refractivity contribution in [3.8, 4) is 0 Å². The first-order valence-corrected chi connectivity index (χ1v) is 9.77. The molecule has 1 saturated heterocycles. The summed E-state index contributed by atoms with van der Waals surface area (Å²) in [5.41, 5.74) is 0.512. The zero-order valence-electron chi connectivity index (χ0n) is 15.2. The number of ether oxygens (including phenoxy) is 1. The van der Waals surface area contributed by atoms with Crippen LogP contribution in [0.3, 0.4) is 0 Å². The summed E-state index contributed by atoms with van der Waals surface area (Å²) in [5, 5.41) is 3.14. The average Bonchev–Trinajstić information content (AvgIpc) is 2.46. The highest BCUT2D eigenvalue weighted by Crippen LogP contribution is 2.51. The molecule has 2 fully saturated rings. The molecule has 1 spiro atoms. The number of unbranched alkanes of at least 4 members (excludes halogenated alkanes) is 4. The third-order valence-corrected chi connectivity index (χ3v) is 5.36. The first-order valence-electron chi connectivity index (χ1n) is 9.77. The van der Waals surface area contributed by atoms with Gasteiger partial charge in [-0.15, -0.1) is 0 Å². The summed E-state index contributed by atoms with van der Waals surface area (Å²) in [6.45, 7) is 10.5. The van der Waals surface area contributed by atoms with Crippen molar-refractivity contribution in [2.45, 2.75) is 65.2 Å². The van der Waals surface area contributed by atoms with Crippen molar-refractivity contribution in [2.75, 3.05) is 39.4 Å².